The highest BCUT2D eigenvalue weighted by atomic mass is 32.2. The van der Waals surface area contributed by atoms with Crippen molar-refractivity contribution in [1.82, 2.24) is 0 Å². The molecule has 8 nitrogen and oxygen atoms in total. The first-order chi connectivity index (χ1) is 35.0. The average molecular weight is 1110 g/mol. The molecule has 1 aromatic carbocycles. The monoisotopic (exact) mass is 1110 g/mol. The number of hydrogen-bond donors (Lipinski definition) is 3. The predicted molar refractivity (Wildman–Crippen MR) is 260 cm³/mol. The number of allylic oxidation sites excluding steroid dienone is 2. The Balaban J connectivity index is 0.000000166. The maximum absolute atomic E-state index is 15.2. The Bertz CT molecular complexity index is 2530. The molecule has 12 rings (SSSR count). The number of alkyl halides is 10. The van der Waals surface area contributed by atoms with Crippen LogP contribution in [0.15, 0.2) is 52.0 Å². The lowest BCUT2D eigenvalue weighted by Crippen LogP contribution is -2.65. The summed E-state index contributed by atoms with van der Waals surface area (Å²) in [5.74, 6) is -14.0. The van der Waals surface area contributed by atoms with Crippen molar-refractivity contribution in [3.63, 3.8) is 0 Å². The van der Waals surface area contributed by atoms with Gasteiger partial charge in [0.2, 0.25) is 0 Å². The number of thioether (sulfide) groups is 1. The lowest BCUT2D eigenvalue weighted by atomic mass is 9.49. The van der Waals surface area contributed by atoms with Gasteiger partial charge in [-0.3, -0.25) is 0 Å². The van der Waals surface area contributed by atoms with Crippen LogP contribution in [0.5, 0.6) is 0 Å². The first kappa shape index (κ1) is 55.9. The van der Waals surface area contributed by atoms with Gasteiger partial charge in [0.15, 0.2) is 11.6 Å². The predicted octanol–water partition coefficient (Wildman–Crippen LogP) is 13.2. The molecule has 0 amide bonds. The normalized spacial score (nSPS) is 43.7. The number of ether oxygens (including phenoxy) is 5. The molecular formula is C57H74F10O8S. The van der Waals surface area contributed by atoms with Gasteiger partial charge in [0.05, 0.1) is 32.0 Å². The number of hydrogen-bond acceptors (Lipinski definition) is 9. The molecule has 19 heteroatoms. The highest BCUT2D eigenvalue weighted by Gasteiger charge is 2.83. The second-order valence-electron chi connectivity index (χ2n) is 27.2. The van der Waals surface area contributed by atoms with Crippen LogP contribution in [-0.4, -0.2) is 112 Å². The van der Waals surface area contributed by atoms with E-state index in [1.165, 1.54) is 13.8 Å². The van der Waals surface area contributed by atoms with Crippen LogP contribution in [0.2, 0.25) is 0 Å². The zero-order chi connectivity index (χ0) is 55.2. The third-order valence-corrected chi connectivity index (χ3v) is 22.5. The molecule has 0 bridgehead atoms. The summed E-state index contributed by atoms with van der Waals surface area (Å²) in [7, 11) is 0. The zero-order valence-electron chi connectivity index (χ0n) is 44.5. The smallest absolute Gasteiger partial charge is 0.385 e. The minimum absolute atomic E-state index is 0.0147. The van der Waals surface area contributed by atoms with E-state index in [-0.39, 0.29) is 54.8 Å². The summed E-state index contributed by atoms with van der Waals surface area (Å²) in [6.45, 7) is 13.4. The van der Waals surface area contributed by atoms with Crippen LogP contribution < -0.4 is 0 Å². The number of fused-ring (bicyclic) bond motifs is 7. The van der Waals surface area contributed by atoms with E-state index in [0.29, 0.717) is 84.2 Å². The molecule has 3 aliphatic heterocycles. The molecule has 1 aromatic rings. The Morgan fingerprint density at radius 1 is 0.579 bits per heavy atom. The van der Waals surface area contributed by atoms with Crippen molar-refractivity contribution in [3.05, 3.63) is 52.6 Å². The van der Waals surface area contributed by atoms with Crippen molar-refractivity contribution < 1.29 is 82.9 Å². The summed E-state index contributed by atoms with van der Waals surface area (Å²) in [4.78, 5) is 1.00. The molecule has 2 spiro atoms. The van der Waals surface area contributed by atoms with Crippen molar-refractivity contribution in [1.29, 1.82) is 0 Å². The van der Waals surface area contributed by atoms with Crippen molar-refractivity contribution >= 4 is 11.8 Å². The van der Waals surface area contributed by atoms with Gasteiger partial charge < -0.3 is 39.0 Å². The lowest BCUT2D eigenvalue weighted by molar-refractivity contribution is -0.362. The summed E-state index contributed by atoms with van der Waals surface area (Å²) < 4.78 is 173. The van der Waals surface area contributed by atoms with Gasteiger partial charge >= 0.3 is 24.2 Å². The van der Waals surface area contributed by atoms with E-state index in [9.17, 15) is 50.4 Å². The molecule has 8 aliphatic carbocycles. The van der Waals surface area contributed by atoms with Crippen molar-refractivity contribution in [2.24, 2.45) is 45.3 Å². The molecular weight excluding hydrogens is 1030 g/mol. The van der Waals surface area contributed by atoms with Gasteiger partial charge in [-0.25, -0.2) is 0 Å². The summed E-state index contributed by atoms with van der Waals surface area (Å²) in [5.41, 5.74) is -8.23. The highest BCUT2D eigenvalue weighted by molar-refractivity contribution is 7.98. The fraction of sp³-hybridized carbons (Fsp3) is 0.825. The molecule has 3 N–H and O–H groups in total. The van der Waals surface area contributed by atoms with Gasteiger partial charge in [0, 0.05) is 58.2 Å². The SMILES string of the molecule is CC1(C)COC2(CC[C@]34O[C@]3(CC[C@@H]3C4=CC[C@@]4(C)[C@H]3CC[C@@]4(O)C(F)(F)C(F)(F)F)C2)OC1.CSc1ccc([C@H]2C[C@@]3(C)C(CC[C@@]3(O)C(F)(F)C(F)(F)F)C3CC[C@@]4(O)CC5(CCC4=C32)OCC(C)(C)CO5)cc1. The zero-order valence-corrected chi connectivity index (χ0v) is 45.3. The van der Waals surface area contributed by atoms with Gasteiger partial charge in [-0.2, -0.15) is 43.9 Å². The summed E-state index contributed by atoms with van der Waals surface area (Å²) >= 11 is 1.55. The summed E-state index contributed by atoms with van der Waals surface area (Å²) in [6, 6.07) is 7.68. The van der Waals surface area contributed by atoms with Gasteiger partial charge in [0.25, 0.3) is 0 Å². The van der Waals surface area contributed by atoms with Crippen LogP contribution in [-0.2, 0) is 23.7 Å². The Morgan fingerprint density at radius 3 is 1.63 bits per heavy atom. The molecule has 426 valence electrons. The van der Waals surface area contributed by atoms with Crippen molar-refractivity contribution in [2.45, 2.75) is 219 Å². The van der Waals surface area contributed by atoms with Gasteiger partial charge in [-0.15, -0.1) is 11.8 Å². The van der Waals surface area contributed by atoms with E-state index in [1.54, 1.807) is 11.8 Å². The molecule has 11 aliphatic rings. The number of rotatable bonds is 4. The first-order valence-electron chi connectivity index (χ1n) is 27.4. The van der Waals surface area contributed by atoms with Crippen LogP contribution in [0.1, 0.15) is 156 Å². The molecule has 0 aromatic heterocycles. The van der Waals surface area contributed by atoms with Crippen LogP contribution in [0, 0.1) is 45.3 Å². The minimum Gasteiger partial charge on any atom is -0.385 e. The Morgan fingerprint density at radius 2 is 1.09 bits per heavy atom. The first-order valence-corrected chi connectivity index (χ1v) is 28.6. The Kier molecular flexibility index (Phi) is 12.6. The summed E-state index contributed by atoms with van der Waals surface area (Å²) in [5, 5.41) is 34.6. The molecule has 9 fully saturated rings. The van der Waals surface area contributed by atoms with Crippen LogP contribution in [0.25, 0.3) is 0 Å². The third-order valence-electron chi connectivity index (χ3n) is 21.8. The second kappa shape index (κ2) is 17.1. The number of halogens is 10. The van der Waals surface area contributed by atoms with E-state index in [1.807, 2.05) is 36.6 Å². The quantitative estimate of drug-likeness (QED) is 0.118. The third kappa shape index (κ3) is 7.72. The van der Waals surface area contributed by atoms with Gasteiger partial charge in [0.1, 0.15) is 22.4 Å². The molecule has 6 saturated carbocycles. The minimum atomic E-state index is -5.87. The van der Waals surface area contributed by atoms with Gasteiger partial charge in [-0.05, 0) is 136 Å². The van der Waals surface area contributed by atoms with E-state index in [2.05, 4.69) is 27.7 Å². The largest absolute Gasteiger partial charge is 0.456 e. The van der Waals surface area contributed by atoms with Crippen LogP contribution >= 0.6 is 11.8 Å². The number of aliphatic hydroxyl groups is 3. The van der Waals surface area contributed by atoms with Crippen LogP contribution in [0.3, 0.4) is 0 Å². The van der Waals surface area contributed by atoms with E-state index in [4.69, 9.17) is 23.7 Å². The molecule has 3 heterocycles. The van der Waals surface area contributed by atoms with Crippen LogP contribution in [0.4, 0.5) is 43.9 Å². The lowest BCUT2D eigenvalue weighted by Gasteiger charge is -2.59. The standard InChI is InChI=1S/C32H41F5O4S.C25H33F5O4/c1-26(2)17-40-29(41-18-26)13-10-24-25-21(9-12-28(24,38)16-29)23-11-14-30(39,31(33,34)32(35,36)37)27(23,3)15-22(25)19-5-7-20(42-4)8-6-19;1-18(2)13-32-21(33-14-18)10-11-22-17-5-7-19(3)16(15(17)4-8-20(22,12-21)34-22)6-9-23(19,31)24(26,27)25(28,29)30/h5-8,21-23,38-39H,9-18H2,1-4H3;5,15-16,31H,4,6-14H2,1-3H3/t21?,22-,23?,27+,28-,30+;15-,16-,19-,20+,22+,23-/m10/s1. The molecule has 2 unspecified atom stereocenters. The van der Waals surface area contributed by atoms with Gasteiger partial charge in [-0.1, -0.05) is 65.3 Å². The second-order valence-corrected chi connectivity index (χ2v) is 28.1. The van der Waals surface area contributed by atoms with E-state index < -0.39 is 105 Å². The van der Waals surface area contributed by atoms with E-state index >= 15 is 8.78 Å². The number of benzene rings is 1. The number of epoxide rings is 1. The Labute approximate surface area is 442 Å². The topological polar surface area (TPSA) is 110 Å². The molecule has 76 heavy (non-hydrogen) atoms. The van der Waals surface area contributed by atoms with Crippen molar-refractivity contribution in [2.75, 3.05) is 32.7 Å². The van der Waals surface area contributed by atoms with E-state index in [0.717, 1.165) is 27.2 Å². The Hall–Kier alpha value is -1.97. The maximum atomic E-state index is 15.2. The maximum Gasteiger partial charge on any atom is 0.456 e. The van der Waals surface area contributed by atoms with Crippen molar-refractivity contribution in [3.8, 4) is 0 Å². The highest BCUT2D eigenvalue weighted by Crippen LogP contribution is 2.76. The molecule has 12 atom stereocenters. The fourth-order valence-corrected chi connectivity index (χ4v) is 17.9. The fourth-order valence-electron chi connectivity index (χ4n) is 17.5. The average Bonchev–Trinajstić information content (AvgIpc) is 3.84. The summed E-state index contributed by atoms with van der Waals surface area (Å²) in [6.07, 6.45) is -3.58. The molecule has 3 saturated heterocycles. The molecule has 0 radical (unpaired) electrons.